The second-order valence-corrected chi connectivity index (χ2v) is 5.17. The fraction of sp³-hybridized carbons (Fsp3) is 0.562. The Morgan fingerprint density at radius 1 is 1.21 bits per heavy atom. The standard InChI is InChI=1S/C16H25NO2/c1-6-19-16(18)7-8-17(5)11-15-13(3)9-12(2)10-14(15)4/h9-10H,6-8,11H2,1-5H3. The van der Waals surface area contributed by atoms with Crippen LogP contribution in [0.4, 0.5) is 0 Å². The molecule has 0 aliphatic rings. The first-order valence-electron chi connectivity index (χ1n) is 6.85. The Bertz CT molecular complexity index is 417. The van der Waals surface area contributed by atoms with Crippen molar-refractivity contribution < 1.29 is 9.53 Å². The molecule has 0 atom stereocenters. The highest BCUT2D eigenvalue weighted by Gasteiger charge is 2.09. The van der Waals surface area contributed by atoms with Gasteiger partial charge in [0.25, 0.3) is 0 Å². The zero-order valence-electron chi connectivity index (χ0n) is 12.7. The number of benzene rings is 1. The molecule has 0 unspecified atom stereocenters. The van der Waals surface area contributed by atoms with E-state index in [1.807, 2.05) is 14.0 Å². The van der Waals surface area contributed by atoms with E-state index in [1.165, 1.54) is 22.3 Å². The Kier molecular flexibility index (Phi) is 6.03. The van der Waals surface area contributed by atoms with Gasteiger partial charge in [-0.05, 0) is 51.4 Å². The lowest BCUT2D eigenvalue weighted by molar-refractivity contribution is -0.143. The molecule has 0 aliphatic carbocycles. The summed E-state index contributed by atoms with van der Waals surface area (Å²) in [6.45, 7) is 10.3. The molecule has 0 amide bonds. The number of aryl methyl sites for hydroxylation is 3. The van der Waals surface area contributed by atoms with E-state index in [0.29, 0.717) is 13.0 Å². The van der Waals surface area contributed by atoms with Crippen molar-refractivity contribution in [3.05, 3.63) is 34.4 Å². The maximum Gasteiger partial charge on any atom is 0.307 e. The monoisotopic (exact) mass is 263 g/mol. The molecular weight excluding hydrogens is 238 g/mol. The predicted octanol–water partition coefficient (Wildman–Crippen LogP) is 3.00. The molecule has 0 fully saturated rings. The summed E-state index contributed by atoms with van der Waals surface area (Å²) in [6, 6.07) is 4.42. The van der Waals surface area contributed by atoms with E-state index < -0.39 is 0 Å². The van der Waals surface area contributed by atoms with E-state index in [2.05, 4.69) is 37.8 Å². The molecule has 0 aromatic heterocycles. The van der Waals surface area contributed by atoms with Crippen LogP contribution in [0.25, 0.3) is 0 Å². The van der Waals surface area contributed by atoms with Crippen LogP contribution in [0, 0.1) is 20.8 Å². The number of carbonyl (C=O) groups is 1. The summed E-state index contributed by atoms with van der Waals surface area (Å²) in [6.07, 6.45) is 0.453. The van der Waals surface area contributed by atoms with Crippen LogP contribution < -0.4 is 0 Å². The lowest BCUT2D eigenvalue weighted by atomic mass is 9.99. The number of hydrogen-bond donors (Lipinski definition) is 0. The van der Waals surface area contributed by atoms with Gasteiger partial charge in [0.2, 0.25) is 0 Å². The zero-order chi connectivity index (χ0) is 14.4. The Balaban J connectivity index is 2.57. The minimum atomic E-state index is -0.119. The van der Waals surface area contributed by atoms with E-state index in [-0.39, 0.29) is 5.97 Å². The van der Waals surface area contributed by atoms with Crippen molar-refractivity contribution in [1.29, 1.82) is 0 Å². The van der Waals surface area contributed by atoms with Gasteiger partial charge in [-0.3, -0.25) is 4.79 Å². The molecule has 1 rings (SSSR count). The van der Waals surface area contributed by atoms with Gasteiger partial charge in [-0.25, -0.2) is 0 Å². The first-order chi connectivity index (χ1) is 8.93. The maximum atomic E-state index is 11.3. The van der Waals surface area contributed by atoms with E-state index >= 15 is 0 Å². The molecule has 0 saturated carbocycles. The zero-order valence-corrected chi connectivity index (χ0v) is 12.7. The average molecular weight is 263 g/mol. The van der Waals surface area contributed by atoms with Crippen LogP contribution in [0.15, 0.2) is 12.1 Å². The van der Waals surface area contributed by atoms with Gasteiger partial charge >= 0.3 is 5.97 Å². The quantitative estimate of drug-likeness (QED) is 0.739. The molecule has 3 heteroatoms. The van der Waals surface area contributed by atoms with Gasteiger partial charge in [-0.15, -0.1) is 0 Å². The molecule has 19 heavy (non-hydrogen) atoms. The van der Waals surface area contributed by atoms with E-state index in [4.69, 9.17) is 4.74 Å². The van der Waals surface area contributed by atoms with Crippen LogP contribution in [0.2, 0.25) is 0 Å². The first kappa shape index (κ1) is 15.7. The highest BCUT2D eigenvalue weighted by molar-refractivity contribution is 5.69. The van der Waals surface area contributed by atoms with Crippen molar-refractivity contribution >= 4 is 5.97 Å². The fourth-order valence-electron chi connectivity index (χ4n) is 2.32. The van der Waals surface area contributed by atoms with Crippen LogP contribution in [0.3, 0.4) is 0 Å². The minimum Gasteiger partial charge on any atom is -0.466 e. The van der Waals surface area contributed by atoms with Crippen molar-refractivity contribution in [3.63, 3.8) is 0 Å². The summed E-state index contributed by atoms with van der Waals surface area (Å²) in [4.78, 5) is 13.5. The smallest absolute Gasteiger partial charge is 0.307 e. The second-order valence-electron chi connectivity index (χ2n) is 5.17. The number of esters is 1. The first-order valence-corrected chi connectivity index (χ1v) is 6.85. The molecule has 1 aromatic rings. The Labute approximate surface area is 116 Å². The number of hydrogen-bond acceptors (Lipinski definition) is 3. The summed E-state index contributed by atoms with van der Waals surface area (Å²) in [7, 11) is 2.04. The third-order valence-electron chi connectivity index (χ3n) is 3.27. The third-order valence-corrected chi connectivity index (χ3v) is 3.27. The van der Waals surface area contributed by atoms with Crippen molar-refractivity contribution in [1.82, 2.24) is 4.90 Å². The van der Waals surface area contributed by atoms with Crippen molar-refractivity contribution in [2.24, 2.45) is 0 Å². The summed E-state index contributed by atoms with van der Waals surface area (Å²) >= 11 is 0. The molecule has 106 valence electrons. The Morgan fingerprint density at radius 3 is 2.32 bits per heavy atom. The number of ether oxygens (including phenoxy) is 1. The van der Waals surface area contributed by atoms with Gasteiger partial charge in [0, 0.05) is 13.1 Å². The van der Waals surface area contributed by atoms with Gasteiger partial charge in [0.05, 0.1) is 13.0 Å². The van der Waals surface area contributed by atoms with Crippen molar-refractivity contribution in [3.8, 4) is 0 Å². The highest BCUT2D eigenvalue weighted by atomic mass is 16.5. The van der Waals surface area contributed by atoms with Gasteiger partial charge in [0.15, 0.2) is 0 Å². The normalized spacial score (nSPS) is 10.8. The predicted molar refractivity (Wildman–Crippen MR) is 78.2 cm³/mol. The molecule has 3 nitrogen and oxygen atoms in total. The Morgan fingerprint density at radius 2 is 1.79 bits per heavy atom. The highest BCUT2D eigenvalue weighted by Crippen LogP contribution is 2.17. The third kappa shape index (κ3) is 5.03. The number of carbonyl (C=O) groups excluding carboxylic acids is 1. The Hall–Kier alpha value is -1.35. The van der Waals surface area contributed by atoms with Gasteiger partial charge in [0.1, 0.15) is 0 Å². The molecule has 0 aliphatic heterocycles. The van der Waals surface area contributed by atoms with Crippen LogP contribution in [-0.2, 0) is 16.1 Å². The molecule has 0 heterocycles. The van der Waals surface area contributed by atoms with Gasteiger partial charge in [-0.1, -0.05) is 17.7 Å². The van der Waals surface area contributed by atoms with Crippen LogP contribution in [-0.4, -0.2) is 31.1 Å². The minimum absolute atomic E-state index is 0.119. The average Bonchev–Trinajstić information content (AvgIpc) is 2.31. The van der Waals surface area contributed by atoms with Crippen LogP contribution >= 0.6 is 0 Å². The number of rotatable bonds is 6. The molecule has 0 radical (unpaired) electrons. The summed E-state index contributed by atoms with van der Waals surface area (Å²) in [5.74, 6) is -0.119. The fourth-order valence-corrected chi connectivity index (χ4v) is 2.32. The lowest BCUT2D eigenvalue weighted by Gasteiger charge is -2.19. The lowest BCUT2D eigenvalue weighted by Crippen LogP contribution is -2.23. The van der Waals surface area contributed by atoms with E-state index in [9.17, 15) is 4.79 Å². The summed E-state index contributed by atoms with van der Waals surface area (Å²) in [5.41, 5.74) is 5.30. The number of nitrogens with zero attached hydrogens (tertiary/aromatic N) is 1. The SMILES string of the molecule is CCOC(=O)CCN(C)Cc1c(C)cc(C)cc1C. The van der Waals surface area contributed by atoms with Gasteiger partial charge in [-0.2, -0.15) is 0 Å². The second kappa shape index (κ2) is 7.29. The van der Waals surface area contributed by atoms with E-state index in [0.717, 1.165) is 13.1 Å². The van der Waals surface area contributed by atoms with E-state index in [1.54, 1.807) is 0 Å². The van der Waals surface area contributed by atoms with Crippen molar-refractivity contribution in [2.45, 2.75) is 40.7 Å². The summed E-state index contributed by atoms with van der Waals surface area (Å²) in [5, 5.41) is 0. The molecule has 0 saturated heterocycles. The molecular formula is C16H25NO2. The topological polar surface area (TPSA) is 29.5 Å². The molecule has 0 bridgehead atoms. The molecule has 0 N–H and O–H groups in total. The maximum absolute atomic E-state index is 11.3. The molecule has 0 spiro atoms. The van der Waals surface area contributed by atoms with Gasteiger partial charge < -0.3 is 9.64 Å². The summed E-state index contributed by atoms with van der Waals surface area (Å²) < 4.78 is 4.94. The largest absolute Gasteiger partial charge is 0.466 e. The molecule has 1 aromatic carbocycles. The van der Waals surface area contributed by atoms with Crippen molar-refractivity contribution in [2.75, 3.05) is 20.2 Å². The van der Waals surface area contributed by atoms with Crippen LogP contribution in [0.5, 0.6) is 0 Å². The van der Waals surface area contributed by atoms with Crippen LogP contribution in [0.1, 0.15) is 35.6 Å².